The van der Waals surface area contributed by atoms with Crippen LogP contribution in [0.3, 0.4) is 0 Å². The van der Waals surface area contributed by atoms with E-state index in [9.17, 15) is 5.11 Å². The molecule has 1 aromatic heterocycles. The summed E-state index contributed by atoms with van der Waals surface area (Å²) in [5.41, 5.74) is 7.11. The first-order valence-electron chi connectivity index (χ1n) is 4.73. The Kier molecular flexibility index (Phi) is 2.71. The molecule has 0 spiro atoms. The molecule has 0 radical (unpaired) electrons. The van der Waals surface area contributed by atoms with Crippen LogP contribution in [0.25, 0.3) is 11.0 Å². The monoisotopic (exact) mass is 269 g/mol. The third-order valence-electron chi connectivity index (χ3n) is 2.57. The van der Waals surface area contributed by atoms with Gasteiger partial charge in [-0.05, 0) is 46.1 Å². The number of halogens is 1. The van der Waals surface area contributed by atoms with Crippen LogP contribution in [0.15, 0.2) is 27.3 Å². The molecule has 1 unspecified atom stereocenters. The minimum absolute atomic E-state index is 0.126. The van der Waals surface area contributed by atoms with Gasteiger partial charge >= 0.3 is 0 Å². The summed E-state index contributed by atoms with van der Waals surface area (Å²) in [4.78, 5) is 0. The molecule has 80 valence electrons. The first kappa shape index (κ1) is 10.5. The van der Waals surface area contributed by atoms with E-state index in [1.807, 2.05) is 19.1 Å². The van der Waals surface area contributed by atoms with Gasteiger partial charge in [0.05, 0.1) is 6.26 Å². The Balaban J connectivity index is 2.70. The zero-order valence-electron chi connectivity index (χ0n) is 8.33. The van der Waals surface area contributed by atoms with E-state index in [0.717, 1.165) is 10.9 Å². The van der Waals surface area contributed by atoms with Crippen molar-refractivity contribution in [2.75, 3.05) is 6.54 Å². The van der Waals surface area contributed by atoms with E-state index in [0.29, 0.717) is 16.6 Å². The second-order valence-electron chi connectivity index (χ2n) is 3.60. The summed E-state index contributed by atoms with van der Waals surface area (Å²) in [6.07, 6.45) is 1.60. The molecule has 0 fully saturated rings. The fraction of sp³-hybridized carbons (Fsp3) is 0.273. The molecule has 3 N–H and O–H groups in total. The number of nitrogens with two attached hydrogens (primary N) is 1. The average Bonchev–Trinajstić information content (AvgIpc) is 2.70. The number of phenolic OH excluding ortho intramolecular Hbond substituents is 1. The van der Waals surface area contributed by atoms with Crippen LogP contribution < -0.4 is 5.73 Å². The quantitative estimate of drug-likeness (QED) is 0.881. The molecule has 0 aliphatic carbocycles. The maximum absolute atomic E-state index is 9.95. The average molecular weight is 270 g/mol. The summed E-state index contributed by atoms with van der Waals surface area (Å²) in [5.74, 6) is 0.344. The SMILES string of the molecule is CC(CN)c1cc2ccoc2c(Br)c1O. The van der Waals surface area contributed by atoms with E-state index in [1.165, 1.54) is 0 Å². The second kappa shape index (κ2) is 3.87. The molecule has 2 aromatic rings. The minimum atomic E-state index is 0.126. The van der Waals surface area contributed by atoms with Crippen LogP contribution in [0.1, 0.15) is 18.4 Å². The maximum Gasteiger partial charge on any atom is 0.151 e. The normalized spacial score (nSPS) is 13.3. The molecule has 0 aliphatic heterocycles. The molecule has 0 bridgehead atoms. The van der Waals surface area contributed by atoms with Crippen molar-refractivity contribution < 1.29 is 9.52 Å². The highest BCUT2D eigenvalue weighted by atomic mass is 79.9. The molecule has 0 amide bonds. The molecule has 4 heteroatoms. The Morgan fingerprint density at radius 2 is 2.33 bits per heavy atom. The van der Waals surface area contributed by atoms with E-state index in [4.69, 9.17) is 10.2 Å². The van der Waals surface area contributed by atoms with Gasteiger partial charge in [0.2, 0.25) is 0 Å². The Morgan fingerprint density at radius 3 is 3.00 bits per heavy atom. The predicted molar refractivity (Wildman–Crippen MR) is 63.0 cm³/mol. The van der Waals surface area contributed by atoms with E-state index in [1.54, 1.807) is 6.26 Å². The van der Waals surface area contributed by atoms with E-state index >= 15 is 0 Å². The van der Waals surface area contributed by atoms with Crippen LogP contribution in [-0.2, 0) is 0 Å². The summed E-state index contributed by atoms with van der Waals surface area (Å²) in [6.45, 7) is 2.48. The number of benzene rings is 1. The molecule has 0 saturated carbocycles. The first-order chi connectivity index (χ1) is 7.15. The van der Waals surface area contributed by atoms with Gasteiger partial charge in [0.15, 0.2) is 5.58 Å². The number of furan rings is 1. The van der Waals surface area contributed by atoms with Crippen LogP contribution in [0, 0.1) is 0 Å². The lowest BCUT2D eigenvalue weighted by Gasteiger charge is -2.12. The van der Waals surface area contributed by atoms with Gasteiger partial charge in [0, 0.05) is 5.39 Å². The fourth-order valence-corrected chi connectivity index (χ4v) is 2.14. The Bertz CT molecular complexity index is 493. The van der Waals surface area contributed by atoms with Crippen molar-refractivity contribution in [2.24, 2.45) is 5.73 Å². The van der Waals surface area contributed by atoms with Crippen molar-refractivity contribution in [3.8, 4) is 5.75 Å². The van der Waals surface area contributed by atoms with Crippen molar-refractivity contribution in [1.82, 2.24) is 0 Å². The second-order valence-corrected chi connectivity index (χ2v) is 4.40. The van der Waals surface area contributed by atoms with Crippen LogP contribution in [0.5, 0.6) is 5.75 Å². The molecule has 1 aromatic carbocycles. The van der Waals surface area contributed by atoms with Gasteiger partial charge < -0.3 is 15.3 Å². The summed E-state index contributed by atoms with van der Waals surface area (Å²) < 4.78 is 5.86. The van der Waals surface area contributed by atoms with E-state index in [2.05, 4.69) is 15.9 Å². The van der Waals surface area contributed by atoms with Gasteiger partial charge in [-0.2, -0.15) is 0 Å². The van der Waals surface area contributed by atoms with Crippen molar-refractivity contribution >= 4 is 26.9 Å². The third-order valence-corrected chi connectivity index (χ3v) is 3.31. The van der Waals surface area contributed by atoms with Gasteiger partial charge in [-0.15, -0.1) is 0 Å². The van der Waals surface area contributed by atoms with Crippen molar-refractivity contribution in [2.45, 2.75) is 12.8 Å². The number of aromatic hydroxyl groups is 1. The molecule has 0 saturated heterocycles. The van der Waals surface area contributed by atoms with Crippen molar-refractivity contribution in [3.05, 3.63) is 28.4 Å². The predicted octanol–water partition coefficient (Wildman–Crippen LogP) is 2.96. The minimum Gasteiger partial charge on any atom is -0.506 e. The van der Waals surface area contributed by atoms with Crippen LogP contribution >= 0.6 is 15.9 Å². The number of fused-ring (bicyclic) bond motifs is 1. The molecule has 15 heavy (non-hydrogen) atoms. The Labute approximate surface area is 96.0 Å². The number of hydrogen-bond donors (Lipinski definition) is 2. The molecule has 2 rings (SSSR count). The third kappa shape index (κ3) is 1.64. The molecule has 3 nitrogen and oxygen atoms in total. The topological polar surface area (TPSA) is 59.4 Å². The largest absolute Gasteiger partial charge is 0.506 e. The highest BCUT2D eigenvalue weighted by Gasteiger charge is 2.16. The van der Waals surface area contributed by atoms with Crippen molar-refractivity contribution in [3.63, 3.8) is 0 Å². The standard InChI is InChI=1S/C11H12BrNO2/c1-6(5-13)8-4-7-2-3-15-11(7)9(12)10(8)14/h2-4,6,14H,5,13H2,1H3. The summed E-state index contributed by atoms with van der Waals surface area (Å²) in [6, 6.07) is 3.78. The lowest BCUT2D eigenvalue weighted by Crippen LogP contribution is -2.09. The highest BCUT2D eigenvalue weighted by molar-refractivity contribution is 9.10. The molecular weight excluding hydrogens is 258 g/mol. The summed E-state index contributed by atoms with van der Waals surface area (Å²) in [7, 11) is 0. The lowest BCUT2D eigenvalue weighted by atomic mass is 9.99. The van der Waals surface area contributed by atoms with Crippen LogP contribution in [-0.4, -0.2) is 11.7 Å². The summed E-state index contributed by atoms with van der Waals surface area (Å²) in [5, 5.41) is 10.9. The number of hydrogen-bond acceptors (Lipinski definition) is 3. The molecule has 1 atom stereocenters. The fourth-order valence-electron chi connectivity index (χ4n) is 1.58. The number of rotatable bonds is 2. The van der Waals surface area contributed by atoms with Gasteiger partial charge in [0.25, 0.3) is 0 Å². The van der Waals surface area contributed by atoms with Gasteiger partial charge in [0.1, 0.15) is 10.2 Å². The zero-order chi connectivity index (χ0) is 11.0. The molecule has 0 aliphatic rings. The Morgan fingerprint density at radius 1 is 1.60 bits per heavy atom. The van der Waals surface area contributed by atoms with Crippen LogP contribution in [0.4, 0.5) is 0 Å². The van der Waals surface area contributed by atoms with Crippen molar-refractivity contribution in [1.29, 1.82) is 0 Å². The van der Waals surface area contributed by atoms with E-state index < -0.39 is 0 Å². The zero-order valence-corrected chi connectivity index (χ0v) is 9.91. The molecule has 1 heterocycles. The van der Waals surface area contributed by atoms with Gasteiger partial charge in [-0.1, -0.05) is 6.92 Å². The van der Waals surface area contributed by atoms with Crippen LogP contribution in [0.2, 0.25) is 0 Å². The van der Waals surface area contributed by atoms with Gasteiger partial charge in [-0.3, -0.25) is 0 Å². The lowest BCUT2D eigenvalue weighted by molar-refractivity contribution is 0.459. The van der Waals surface area contributed by atoms with Gasteiger partial charge in [-0.25, -0.2) is 0 Å². The Hall–Kier alpha value is -1.00. The number of phenols is 1. The first-order valence-corrected chi connectivity index (χ1v) is 5.53. The summed E-state index contributed by atoms with van der Waals surface area (Å²) >= 11 is 3.32. The smallest absolute Gasteiger partial charge is 0.151 e. The highest BCUT2D eigenvalue weighted by Crippen LogP contribution is 2.39. The molecular formula is C11H12BrNO2. The maximum atomic E-state index is 9.95. The van der Waals surface area contributed by atoms with E-state index in [-0.39, 0.29) is 11.7 Å².